The van der Waals surface area contributed by atoms with Crippen LogP contribution >= 0.6 is 0 Å². The molecule has 1 aromatic carbocycles. The monoisotopic (exact) mass is 248 g/mol. The molecular weight excluding hydrogens is 224 g/mol. The molecule has 2 heteroatoms. The van der Waals surface area contributed by atoms with Crippen molar-refractivity contribution in [2.45, 2.75) is 59.0 Å². The molecule has 1 aromatic rings. The fraction of sp³-hybridized carbons (Fsp3) is 0.625. The van der Waals surface area contributed by atoms with Crippen LogP contribution in [0, 0.1) is 5.92 Å². The molecule has 0 saturated heterocycles. The van der Waals surface area contributed by atoms with Crippen molar-refractivity contribution >= 4 is 0 Å². The van der Waals surface area contributed by atoms with Crippen molar-refractivity contribution in [3.8, 4) is 11.5 Å². The Balaban J connectivity index is 2.32. The number of hydrogen-bond acceptors (Lipinski definition) is 2. The van der Waals surface area contributed by atoms with Crippen LogP contribution in [0.5, 0.6) is 11.5 Å². The van der Waals surface area contributed by atoms with Crippen LogP contribution in [0.1, 0.15) is 57.6 Å². The second kappa shape index (κ2) is 5.21. The zero-order valence-electron chi connectivity index (χ0n) is 11.9. The summed E-state index contributed by atoms with van der Waals surface area (Å²) in [6.45, 7) is 8.71. The molecule has 3 atom stereocenters. The summed E-state index contributed by atoms with van der Waals surface area (Å²) in [5, 5.41) is 10.1. The van der Waals surface area contributed by atoms with Gasteiger partial charge in [0.2, 0.25) is 0 Å². The van der Waals surface area contributed by atoms with E-state index >= 15 is 0 Å². The zero-order valence-corrected chi connectivity index (χ0v) is 11.9. The quantitative estimate of drug-likeness (QED) is 0.866. The van der Waals surface area contributed by atoms with Crippen LogP contribution in [0.2, 0.25) is 0 Å². The second-order valence-corrected chi connectivity index (χ2v) is 5.80. The van der Waals surface area contributed by atoms with E-state index in [-0.39, 0.29) is 6.10 Å². The Labute approximate surface area is 110 Å². The van der Waals surface area contributed by atoms with Gasteiger partial charge in [-0.15, -0.1) is 0 Å². The van der Waals surface area contributed by atoms with Gasteiger partial charge in [0.25, 0.3) is 0 Å². The maximum absolute atomic E-state index is 10.1. The highest BCUT2D eigenvalue weighted by atomic mass is 16.5. The predicted octanol–water partition coefficient (Wildman–Crippen LogP) is 4.26. The lowest BCUT2D eigenvalue weighted by atomic mass is 9.89. The zero-order chi connectivity index (χ0) is 13.3. The first kappa shape index (κ1) is 13.3. The molecule has 0 spiro atoms. The SMILES string of the molecule is CCC(C)Cc1cc2c(cc1O)C(C)CC(C)O2. The molecule has 18 heavy (non-hydrogen) atoms. The molecule has 3 unspecified atom stereocenters. The number of fused-ring (bicyclic) bond motifs is 1. The van der Waals surface area contributed by atoms with Crippen molar-refractivity contribution in [1.82, 2.24) is 0 Å². The number of rotatable bonds is 3. The molecule has 1 heterocycles. The van der Waals surface area contributed by atoms with Gasteiger partial charge in [0.15, 0.2) is 0 Å². The summed E-state index contributed by atoms with van der Waals surface area (Å²) in [5.41, 5.74) is 2.17. The molecule has 0 saturated carbocycles. The van der Waals surface area contributed by atoms with Crippen LogP contribution in [0.4, 0.5) is 0 Å². The van der Waals surface area contributed by atoms with E-state index in [2.05, 4.69) is 27.7 Å². The Morgan fingerprint density at radius 3 is 2.78 bits per heavy atom. The number of phenols is 1. The molecule has 2 nitrogen and oxygen atoms in total. The Morgan fingerprint density at radius 1 is 1.39 bits per heavy atom. The molecule has 0 radical (unpaired) electrons. The highest BCUT2D eigenvalue weighted by Gasteiger charge is 2.24. The van der Waals surface area contributed by atoms with Crippen LogP contribution in [0.25, 0.3) is 0 Å². The van der Waals surface area contributed by atoms with Crippen LogP contribution in [-0.4, -0.2) is 11.2 Å². The van der Waals surface area contributed by atoms with Gasteiger partial charge in [-0.25, -0.2) is 0 Å². The molecular formula is C16H24O2. The highest BCUT2D eigenvalue weighted by molar-refractivity contribution is 5.48. The minimum absolute atomic E-state index is 0.272. The summed E-state index contributed by atoms with van der Waals surface area (Å²) in [6, 6.07) is 3.95. The van der Waals surface area contributed by atoms with Crippen molar-refractivity contribution in [1.29, 1.82) is 0 Å². The summed E-state index contributed by atoms with van der Waals surface area (Å²) >= 11 is 0. The van der Waals surface area contributed by atoms with Gasteiger partial charge in [-0.2, -0.15) is 0 Å². The largest absolute Gasteiger partial charge is 0.508 e. The molecule has 1 aliphatic heterocycles. The number of ether oxygens (including phenoxy) is 1. The van der Waals surface area contributed by atoms with Gasteiger partial charge in [-0.1, -0.05) is 27.2 Å². The lowest BCUT2D eigenvalue weighted by Gasteiger charge is -2.29. The van der Waals surface area contributed by atoms with E-state index in [0.717, 1.165) is 36.1 Å². The third kappa shape index (κ3) is 2.63. The number of phenolic OH excluding ortho intramolecular Hbond substituents is 1. The molecule has 0 amide bonds. The lowest BCUT2D eigenvalue weighted by molar-refractivity contribution is 0.179. The summed E-state index contributed by atoms with van der Waals surface area (Å²) < 4.78 is 5.90. The van der Waals surface area contributed by atoms with Crippen LogP contribution in [0.3, 0.4) is 0 Å². The maximum Gasteiger partial charge on any atom is 0.123 e. The van der Waals surface area contributed by atoms with Crippen molar-refractivity contribution in [2.24, 2.45) is 5.92 Å². The Morgan fingerprint density at radius 2 is 2.11 bits per heavy atom. The predicted molar refractivity (Wildman–Crippen MR) is 74.4 cm³/mol. The topological polar surface area (TPSA) is 29.5 Å². The van der Waals surface area contributed by atoms with Crippen LogP contribution in [-0.2, 0) is 6.42 Å². The number of aromatic hydroxyl groups is 1. The minimum atomic E-state index is 0.272. The first-order valence-electron chi connectivity index (χ1n) is 7.03. The Hall–Kier alpha value is -1.18. The summed E-state index contributed by atoms with van der Waals surface area (Å²) in [7, 11) is 0. The van der Waals surface area contributed by atoms with Gasteiger partial charge >= 0.3 is 0 Å². The fourth-order valence-corrected chi connectivity index (χ4v) is 2.69. The number of hydrogen-bond donors (Lipinski definition) is 1. The van der Waals surface area contributed by atoms with E-state index in [1.54, 1.807) is 0 Å². The normalized spacial score (nSPS) is 24.2. The van der Waals surface area contributed by atoms with E-state index in [1.807, 2.05) is 12.1 Å². The van der Waals surface area contributed by atoms with Gasteiger partial charge in [-0.05, 0) is 49.3 Å². The molecule has 0 aliphatic carbocycles. The Bertz CT molecular complexity index is 425. The third-order valence-corrected chi connectivity index (χ3v) is 4.02. The minimum Gasteiger partial charge on any atom is -0.508 e. The van der Waals surface area contributed by atoms with E-state index in [4.69, 9.17) is 4.74 Å². The Kier molecular flexibility index (Phi) is 3.84. The molecule has 1 N–H and O–H groups in total. The van der Waals surface area contributed by atoms with Crippen molar-refractivity contribution in [3.63, 3.8) is 0 Å². The van der Waals surface area contributed by atoms with E-state index in [9.17, 15) is 5.11 Å². The van der Waals surface area contributed by atoms with E-state index < -0.39 is 0 Å². The van der Waals surface area contributed by atoms with E-state index in [0.29, 0.717) is 17.6 Å². The highest BCUT2D eigenvalue weighted by Crippen LogP contribution is 2.40. The molecule has 1 aliphatic rings. The van der Waals surface area contributed by atoms with Gasteiger partial charge in [-0.3, -0.25) is 0 Å². The molecule has 100 valence electrons. The maximum atomic E-state index is 10.1. The smallest absolute Gasteiger partial charge is 0.123 e. The first-order valence-corrected chi connectivity index (χ1v) is 7.03. The van der Waals surface area contributed by atoms with Crippen LogP contribution < -0.4 is 4.74 Å². The molecule has 2 rings (SSSR count). The van der Waals surface area contributed by atoms with Gasteiger partial charge in [0.05, 0.1) is 6.10 Å². The van der Waals surface area contributed by atoms with E-state index in [1.165, 1.54) is 0 Å². The summed E-state index contributed by atoms with van der Waals surface area (Å²) in [4.78, 5) is 0. The van der Waals surface area contributed by atoms with Gasteiger partial charge in [0, 0.05) is 5.56 Å². The average Bonchev–Trinajstić information content (AvgIpc) is 2.31. The lowest BCUT2D eigenvalue weighted by Crippen LogP contribution is -2.21. The number of benzene rings is 1. The van der Waals surface area contributed by atoms with Gasteiger partial charge < -0.3 is 9.84 Å². The first-order chi connectivity index (χ1) is 8.51. The van der Waals surface area contributed by atoms with Crippen LogP contribution in [0.15, 0.2) is 12.1 Å². The third-order valence-electron chi connectivity index (χ3n) is 4.02. The van der Waals surface area contributed by atoms with Crippen molar-refractivity contribution in [3.05, 3.63) is 23.3 Å². The van der Waals surface area contributed by atoms with Crippen molar-refractivity contribution < 1.29 is 9.84 Å². The molecule has 0 aromatic heterocycles. The fourth-order valence-electron chi connectivity index (χ4n) is 2.69. The second-order valence-electron chi connectivity index (χ2n) is 5.80. The summed E-state index contributed by atoms with van der Waals surface area (Å²) in [6.07, 6.45) is 3.34. The van der Waals surface area contributed by atoms with Crippen molar-refractivity contribution in [2.75, 3.05) is 0 Å². The standard InChI is InChI=1S/C16H24O2/c1-5-10(2)6-13-8-16-14(9-15(13)17)11(3)7-12(4)18-16/h8-12,17H,5-7H2,1-4H3. The molecule has 0 bridgehead atoms. The molecule has 0 fully saturated rings. The summed E-state index contributed by atoms with van der Waals surface area (Å²) in [5.74, 6) is 2.45. The average molecular weight is 248 g/mol. The van der Waals surface area contributed by atoms with Gasteiger partial charge in [0.1, 0.15) is 11.5 Å².